The van der Waals surface area contributed by atoms with E-state index in [0.29, 0.717) is 22.1 Å². The van der Waals surface area contributed by atoms with Crippen LogP contribution in [0.25, 0.3) is 21.0 Å². The molecule has 1 saturated heterocycles. The van der Waals surface area contributed by atoms with Crippen LogP contribution in [0, 0.1) is 0 Å². The Bertz CT molecular complexity index is 952. The van der Waals surface area contributed by atoms with E-state index in [1.54, 1.807) is 6.20 Å². The second-order valence-corrected chi connectivity index (χ2v) is 9.07. The Morgan fingerprint density at radius 2 is 1.71 bits per heavy atom. The Morgan fingerprint density at radius 1 is 1.00 bits per heavy atom. The van der Waals surface area contributed by atoms with E-state index in [2.05, 4.69) is 14.9 Å². The van der Waals surface area contributed by atoms with Crippen LogP contribution in [0.2, 0.25) is 0 Å². The molecule has 0 amide bonds. The lowest BCUT2D eigenvalue weighted by molar-refractivity contribution is -0.141. The molecule has 1 aliphatic heterocycles. The number of halogens is 3. The van der Waals surface area contributed by atoms with Crippen molar-refractivity contribution in [2.45, 2.75) is 6.18 Å². The van der Waals surface area contributed by atoms with Gasteiger partial charge in [0.1, 0.15) is 22.2 Å². The lowest BCUT2D eigenvalue weighted by Gasteiger charge is -2.29. The van der Waals surface area contributed by atoms with Gasteiger partial charge in [0.25, 0.3) is 0 Å². The summed E-state index contributed by atoms with van der Waals surface area (Å²) in [5.74, 6) is 1.37. The number of alkyl halides is 3. The van der Waals surface area contributed by atoms with Crippen molar-refractivity contribution in [3.63, 3.8) is 0 Å². The Kier molecular flexibility index (Phi) is 5.31. The van der Waals surface area contributed by atoms with E-state index in [1.807, 2.05) is 24.3 Å². The van der Waals surface area contributed by atoms with Gasteiger partial charge in [0.15, 0.2) is 0 Å². The van der Waals surface area contributed by atoms with Gasteiger partial charge in [-0.15, -0.1) is 11.3 Å². The summed E-state index contributed by atoms with van der Waals surface area (Å²) in [6.45, 7) is 1.56. The van der Waals surface area contributed by atoms with Gasteiger partial charge in [-0.25, -0.2) is 4.98 Å². The SMILES string of the molecule is [O-][S+]1CCN(c2ccc(-c3cnc(-c4ccnc(C(F)(F)F)c4)s3)cc2)CC1. The second-order valence-electron chi connectivity index (χ2n) is 6.34. The first-order valence-corrected chi connectivity index (χ1v) is 10.9. The van der Waals surface area contributed by atoms with E-state index in [-0.39, 0.29) is 0 Å². The normalized spacial score (nSPS) is 15.8. The van der Waals surface area contributed by atoms with E-state index >= 15 is 0 Å². The molecule has 1 fully saturated rings. The van der Waals surface area contributed by atoms with Gasteiger partial charge in [-0.05, 0) is 29.8 Å². The zero-order valence-corrected chi connectivity index (χ0v) is 16.3. The summed E-state index contributed by atoms with van der Waals surface area (Å²) in [5, 5.41) is 0.519. The number of hydrogen-bond donors (Lipinski definition) is 0. The number of benzene rings is 1. The molecule has 3 aromatic rings. The van der Waals surface area contributed by atoms with Crippen molar-refractivity contribution < 1.29 is 17.7 Å². The van der Waals surface area contributed by atoms with Gasteiger partial charge in [-0.1, -0.05) is 23.3 Å². The van der Waals surface area contributed by atoms with Gasteiger partial charge in [0.2, 0.25) is 0 Å². The minimum absolute atomic E-state index is 0.400. The van der Waals surface area contributed by atoms with Gasteiger partial charge in [-0.3, -0.25) is 4.98 Å². The first-order chi connectivity index (χ1) is 13.4. The number of hydrogen-bond acceptors (Lipinski definition) is 5. The van der Waals surface area contributed by atoms with Crippen LogP contribution in [0.4, 0.5) is 18.9 Å². The van der Waals surface area contributed by atoms with Crippen LogP contribution >= 0.6 is 11.3 Å². The van der Waals surface area contributed by atoms with Crippen molar-refractivity contribution in [3.05, 3.63) is 54.5 Å². The number of thiazole rings is 1. The van der Waals surface area contributed by atoms with Crippen molar-refractivity contribution in [2.75, 3.05) is 29.5 Å². The fourth-order valence-electron chi connectivity index (χ4n) is 2.99. The molecule has 1 aliphatic rings. The Labute approximate surface area is 167 Å². The standard InChI is InChI=1S/C19H16F3N3OS2/c20-19(21,22)17-11-14(5-6-23-17)18-24-12-16(27-18)13-1-3-15(4-2-13)25-7-9-28(26)10-8-25/h1-6,11-12H,7-10H2. The van der Waals surface area contributed by atoms with Crippen molar-refractivity contribution in [3.8, 4) is 21.0 Å². The third-order valence-corrected chi connectivity index (χ3v) is 6.87. The summed E-state index contributed by atoms with van der Waals surface area (Å²) >= 11 is 0.625. The molecule has 0 atom stereocenters. The average molecular weight is 423 g/mol. The highest BCUT2D eigenvalue weighted by atomic mass is 32.2. The maximum Gasteiger partial charge on any atom is 0.433 e. The Morgan fingerprint density at radius 3 is 2.39 bits per heavy atom. The topological polar surface area (TPSA) is 52.1 Å². The third kappa shape index (κ3) is 4.16. The van der Waals surface area contributed by atoms with E-state index in [9.17, 15) is 17.7 Å². The molecule has 0 bridgehead atoms. The smallest absolute Gasteiger partial charge is 0.433 e. The van der Waals surface area contributed by atoms with Crippen LogP contribution in [-0.2, 0) is 17.4 Å². The second kappa shape index (κ2) is 7.73. The summed E-state index contributed by atoms with van der Waals surface area (Å²) < 4.78 is 50.1. The molecule has 1 aromatic carbocycles. The number of anilines is 1. The van der Waals surface area contributed by atoms with Crippen molar-refractivity contribution >= 4 is 28.2 Å². The van der Waals surface area contributed by atoms with Crippen LogP contribution in [0.5, 0.6) is 0 Å². The maximum absolute atomic E-state index is 12.9. The average Bonchev–Trinajstić information content (AvgIpc) is 3.18. The molecule has 0 N–H and O–H groups in total. The molecule has 28 heavy (non-hydrogen) atoms. The highest BCUT2D eigenvalue weighted by molar-refractivity contribution is 7.91. The van der Waals surface area contributed by atoms with Gasteiger partial charge >= 0.3 is 6.18 Å². The number of aromatic nitrogens is 2. The van der Waals surface area contributed by atoms with Gasteiger partial charge in [0, 0.05) is 23.6 Å². The predicted octanol–water partition coefficient (Wildman–Crippen LogP) is 4.46. The van der Waals surface area contributed by atoms with Crippen molar-refractivity contribution in [2.24, 2.45) is 0 Å². The van der Waals surface area contributed by atoms with Gasteiger partial charge < -0.3 is 9.45 Å². The van der Waals surface area contributed by atoms with E-state index < -0.39 is 23.0 Å². The molecule has 146 valence electrons. The summed E-state index contributed by atoms with van der Waals surface area (Å²) in [7, 11) is 0. The summed E-state index contributed by atoms with van der Waals surface area (Å²) in [6.07, 6.45) is -1.65. The highest BCUT2D eigenvalue weighted by Crippen LogP contribution is 2.35. The largest absolute Gasteiger partial charge is 0.616 e. The summed E-state index contributed by atoms with van der Waals surface area (Å²) in [4.78, 5) is 10.8. The van der Waals surface area contributed by atoms with Crippen LogP contribution in [-0.4, -0.2) is 39.1 Å². The van der Waals surface area contributed by atoms with Crippen molar-refractivity contribution in [1.29, 1.82) is 0 Å². The minimum atomic E-state index is -4.48. The van der Waals surface area contributed by atoms with Crippen LogP contribution in [0.3, 0.4) is 0 Å². The zero-order chi connectivity index (χ0) is 19.7. The number of pyridine rings is 1. The zero-order valence-electron chi connectivity index (χ0n) is 14.6. The highest BCUT2D eigenvalue weighted by Gasteiger charge is 2.32. The molecule has 0 saturated carbocycles. The first kappa shape index (κ1) is 19.2. The molecule has 0 radical (unpaired) electrons. The minimum Gasteiger partial charge on any atom is -0.616 e. The van der Waals surface area contributed by atoms with Gasteiger partial charge in [-0.2, -0.15) is 13.2 Å². The lowest BCUT2D eigenvalue weighted by Crippen LogP contribution is -2.40. The lowest BCUT2D eigenvalue weighted by atomic mass is 10.1. The molecule has 9 heteroatoms. The predicted molar refractivity (Wildman–Crippen MR) is 106 cm³/mol. The van der Waals surface area contributed by atoms with E-state index in [4.69, 9.17) is 0 Å². The number of rotatable bonds is 3. The first-order valence-electron chi connectivity index (χ1n) is 8.60. The molecule has 0 spiro atoms. The van der Waals surface area contributed by atoms with Crippen LogP contribution < -0.4 is 4.90 Å². The molecular weight excluding hydrogens is 407 g/mol. The molecule has 0 aliphatic carbocycles. The van der Waals surface area contributed by atoms with E-state index in [0.717, 1.165) is 41.5 Å². The fraction of sp³-hybridized carbons (Fsp3) is 0.263. The van der Waals surface area contributed by atoms with Crippen LogP contribution in [0.15, 0.2) is 48.8 Å². The summed E-state index contributed by atoms with van der Waals surface area (Å²) in [5.41, 5.74) is 1.51. The molecule has 3 heterocycles. The third-order valence-electron chi connectivity index (χ3n) is 4.50. The maximum atomic E-state index is 12.9. The molecule has 0 unspecified atom stereocenters. The Balaban J connectivity index is 1.53. The van der Waals surface area contributed by atoms with Crippen molar-refractivity contribution in [1.82, 2.24) is 9.97 Å². The molecule has 4 nitrogen and oxygen atoms in total. The molecule has 4 rings (SSSR count). The molecular formula is C19H16F3N3OS2. The fourth-order valence-corrected chi connectivity index (χ4v) is 4.96. The molecule has 2 aromatic heterocycles. The van der Waals surface area contributed by atoms with E-state index in [1.165, 1.54) is 17.4 Å². The quantitative estimate of drug-likeness (QED) is 0.584. The van der Waals surface area contributed by atoms with Crippen LogP contribution in [0.1, 0.15) is 5.69 Å². The summed E-state index contributed by atoms with van der Waals surface area (Å²) in [6, 6.07) is 10.5. The van der Waals surface area contributed by atoms with Gasteiger partial charge in [0.05, 0.1) is 18.0 Å². The Hall–Kier alpha value is -2.10. The monoisotopic (exact) mass is 423 g/mol. The number of nitrogens with zero attached hydrogens (tertiary/aromatic N) is 3.